The van der Waals surface area contributed by atoms with Crippen molar-refractivity contribution in [2.45, 2.75) is 13.1 Å². The summed E-state index contributed by atoms with van der Waals surface area (Å²) in [6.07, 6.45) is -2.84. The highest BCUT2D eigenvalue weighted by Crippen LogP contribution is 2.31. The molecule has 2 rings (SSSR count). The van der Waals surface area contributed by atoms with Crippen LogP contribution in [0.3, 0.4) is 0 Å². The Hall–Kier alpha value is -2.30. The Morgan fingerprint density at radius 2 is 1.81 bits per heavy atom. The molecule has 0 aliphatic heterocycles. The molecule has 0 bridgehead atoms. The summed E-state index contributed by atoms with van der Waals surface area (Å²) in [6.45, 7) is 2.47. The van der Waals surface area contributed by atoms with Crippen LogP contribution in [-0.4, -0.2) is 12.8 Å². The molecule has 0 aromatic heterocycles. The molecule has 0 radical (unpaired) electrons. The third-order valence-electron chi connectivity index (χ3n) is 2.73. The van der Waals surface area contributed by atoms with E-state index in [1.165, 1.54) is 18.3 Å². The highest BCUT2D eigenvalue weighted by atomic mass is 19.4. The van der Waals surface area contributed by atoms with Crippen molar-refractivity contribution in [3.8, 4) is 5.75 Å². The number of hydrogen-bond donors (Lipinski definition) is 0. The number of rotatable bonds is 4. The van der Waals surface area contributed by atoms with Gasteiger partial charge in [0.05, 0.1) is 17.9 Å². The predicted molar refractivity (Wildman–Crippen MR) is 76.3 cm³/mol. The third kappa shape index (κ3) is 4.34. The molecule has 0 heterocycles. The second-order valence-electron chi connectivity index (χ2n) is 4.31. The summed E-state index contributed by atoms with van der Waals surface area (Å²) in [6, 6.07) is 12.1. The zero-order chi connectivity index (χ0) is 15.3. The molecule has 2 nitrogen and oxygen atoms in total. The zero-order valence-electron chi connectivity index (χ0n) is 11.4. The lowest BCUT2D eigenvalue weighted by molar-refractivity contribution is -0.137. The first-order chi connectivity index (χ1) is 9.99. The number of aliphatic imine (C=N–C) groups is 1. The van der Waals surface area contributed by atoms with Gasteiger partial charge in [-0.1, -0.05) is 6.07 Å². The Bertz CT molecular complexity index is 618. The molecule has 0 saturated heterocycles. The Labute approximate surface area is 120 Å². The summed E-state index contributed by atoms with van der Waals surface area (Å²) < 4.78 is 43.1. The first-order valence-corrected chi connectivity index (χ1v) is 6.43. The van der Waals surface area contributed by atoms with Crippen LogP contribution in [0.4, 0.5) is 18.9 Å². The first kappa shape index (κ1) is 15.1. The van der Waals surface area contributed by atoms with E-state index in [-0.39, 0.29) is 5.69 Å². The molecule has 0 saturated carbocycles. The second-order valence-corrected chi connectivity index (χ2v) is 4.31. The molecule has 5 heteroatoms. The highest BCUT2D eigenvalue weighted by molar-refractivity contribution is 5.82. The maximum atomic E-state index is 12.6. The molecule has 2 aromatic rings. The van der Waals surface area contributed by atoms with E-state index in [4.69, 9.17) is 4.74 Å². The van der Waals surface area contributed by atoms with Crippen molar-refractivity contribution in [3.05, 3.63) is 59.7 Å². The van der Waals surface area contributed by atoms with Crippen molar-refractivity contribution in [1.82, 2.24) is 0 Å². The van der Waals surface area contributed by atoms with Crippen LogP contribution < -0.4 is 4.74 Å². The molecule has 2 aromatic carbocycles. The van der Waals surface area contributed by atoms with Gasteiger partial charge in [-0.2, -0.15) is 13.2 Å². The molecule has 0 amide bonds. The van der Waals surface area contributed by atoms with Gasteiger partial charge < -0.3 is 4.74 Å². The van der Waals surface area contributed by atoms with E-state index in [1.54, 1.807) is 24.3 Å². The molecule has 0 spiro atoms. The number of halogens is 3. The van der Waals surface area contributed by atoms with E-state index < -0.39 is 11.7 Å². The average molecular weight is 293 g/mol. The highest BCUT2D eigenvalue weighted by Gasteiger charge is 2.30. The van der Waals surface area contributed by atoms with Crippen LogP contribution in [0.5, 0.6) is 5.75 Å². The van der Waals surface area contributed by atoms with Gasteiger partial charge in [0.15, 0.2) is 0 Å². The van der Waals surface area contributed by atoms with Crippen LogP contribution in [0.15, 0.2) is 53.5 Å². The molecule has 0 fully saturated rings. The molecular formula is C16H14F3NO. The fourth-order valence-corrected chi connectivity index (χ4v) is 1.73. The molecular weight excluding hydrogens is 279 g/mol. The van der Waals surface area contributed by atoms with E-state index >= 15 is 0 Å². The van der Waals surface area contributed by atoms with Crippen LogP contribution in [0, 0.1) is 0 Å². The van der Waals surface area contributed by atoms with Crippen LogP contribution in [-0.2, 0) is 6.18 Å². The topological polar surface area (TPSA) is 21.6 Å². The maximum Gasteiger partial charge on any atom is 0.416 e. The summed E-state index contributed by atoms with van der Waals surface area (Å²) in [5.41, 5.74) is 0.346. The van der Waals surface area contributed by atoms with Gasteiger partial charge in [-0.3, -0.25) is 4.99 Å². The first-order valence-electron chi connectivity index (χ1n) is 6.43. The number of ether oxygens (including phenoxy) is 1. The summed E-state index contributed by atoms with van der Waals surface area (Å²) >= 11 is 0. The van der Waals surface area contributed by atoms with Gasteiger partial charge in [0.2, 0.25) is 0 Å². The van der Waals surface area contributed by atoms with Crippen molar-refractivity contribution in [3.63, 3.8) is 0 Å². The molecule has 0 unspecified atom stereocenters. The van der Waals surface area contributed by atoms with Crippen molar-refractivity contribution in [2.75, 3.05) is 6.61 Å². The lowest BCUT2D eigenvalue weighted by atomic mass is 10.2. The molecule has 21 heavy (non-hydrogen) atoms. The van der Waals surface area contributed by atoms with Gasteiger partial charge in [-0.05, 0) is 55.0 Å². The van der Waals surface area contributed by atoms with Gasteiger partial charge in [-0.25, -0.2) is 0 Å². The third-order valence-corrected chi connectivity index (χ3v) is 2.73. The monoisotopic (exact) mass is 293 g/mol. The van der Waals surface area contributed by atoms with Gasteiger partial charge >= 0.3 is 6.18 Å². The fourth-order valence-electron chi connectivity index (χ4n) is 1.73. The SMILES string of the molecule is CCOc1ccc(C=Nc2cccc(C(F)(F)F)c2)cc1. The van der Waals surface area contributed by atoms with Crippen molar-refractivity contribution in [2.24, 2.45) is 4.99 Å². The fraction of sp³-hybridized carbons (Fsp3) is 0.188. The molecule has 0 N–H and O–H groups in total. The van der Waals surface area contributed by atoms with Crippen molar-refractivity contribution in [1.29, 1.82) is 0 Å². The van der Waals surface area contributed by atoms with Crippen molar-refractivity contribution >= 4 is 11.9 Å². The number of benzene rings is 2. The van der Waals surface area contributed by atoms with Crippen LogP contribution in [0.1, 0.15) is 18.1 Å². The number of nitrogens with zero attached hydrogens (tertiary/aromatic N) is 1. The van der Waals surface area contributed by atoms with E-state index in [9.17, 15) is 13.2 Å². The summed E-state index contributed by atoms with van der Waals surface area (Å²) in [5.74, 6) is 0.744. The van der Waals surface area contributed by atoms with E-state index in [1.807, 2.05) is 6.92 Å². The molecule has 0 aliphatic rings. The van der Waals surface area contributed by atoms with Crippen LogP contribution >= 0.6 is 0 Å². The largest absolute Gasteiger partial charge is 0.494 e. The standard InChI is InChI=1S/C16H14F3NO/c1-2-21-15-8-6-12(7-9-15)11-20-14-5-3-4-13(10-14)16(17,18)19/h3-11H,2H2,1H3. The summed E-state index contributed by atoms with van der Waals surface area (Å²) in [7, 11) is 0. The molecule has 0 aliphatic carbocycles. The predicted octanol–water partition coefficient (Wildman–Crippen LogP) is 4.85. The van der Waals surface area contributed by atoms with Crippen molar-refractivity contribution < 1.29 is 17.9 Å². The second kappa shape index (κ2) is 6.43. The van der Waals surface area contributed by atoms with Gasteiger partial charge in [-0.15, -0.1) is 0 Å². The van der Waals surface area contributed by atoms with Crippen LogP contribution in [0.25, 0.3) is 0 Å². The average Bonchev–Trinajstić information content (AvgIpc) is 2.46. The minimum atomic E-state index is -4.36. The summed E-state index contributed by atoms with van der Waals surface area (Å²) in [4.78, 5) is 4.06. The van der Waals surface area contributed by atoms with E-state index in [0.29, 0.717) is 6.61 Å². The lowest BCUT2D eigenvalue weighted by Crippen LogP contribution is -2.03. The van der Waals surface area contributed by atoms with Gasteiger partial charge in [0.25, 0.3) is 0 Å². The number of hydrogen-bond acceptors (Lipinski definition) is 2. The maximum absolute atomic E-state index is 12.6. The molecule has 110 valence electrons. The Morgan fingerprint density at radius 3 is 2.43 bits per heavy atom. The van der Waals surface area contributed by atoms with E-state index in [2.05, 4.69) is 4.99 Å². The number of alkyl halides is 3. The van der Waals surface area contributed by atoms with Gasteiger partial charge in [0.1, 0.15) is 5.75 Å². The normalized spacial score (nSPS) is 11.8. The minimum absolute atomic E-state index is 0.263. The summed E-state index contributed by atoms with van der Waals surface area (Å²) in [5, 5.41) is 0. The zero-order valence-corrected chi connectivity index (χ0v) is 11.4. The smallest absolute Gasteiger partial charge is 0.416 e. The van der Waals surface area contributed by atoms with E-state index in [0.717, 1.165) is 23.4 Å². The molecule has 0 atom stereocenters. The Balaban J connectivity index is 2.14. The quantitative estimate of drug-likeness (QED) is 0.738. The van der Waals surface area contributed by atoms with Crippen LogP contribution in [0.2, 0.25) is 0 Å². The minimum Gasteiger partial charge on any atom is -0.494 e. The Morgan fingerprint density at radius 1 is 1.10 bits per heavy atom. The Kier molecular flexibility index (Phi) is 4.62. The van der Waals surface area contributed by atoms with Gasteiger partial charge in [0, 0.05) is 6.21 Å². The lowest BCUT2D eigenvalue weighted by Gasteiger charge is -2.06.